The molecule has 1 heterocycles. The standard InChI is InChI=1S/C24H27F2N4O8P.Na.H/c1-30(23(32)28-12-17-7-4-8-20(25)22(17)26)18(10-19(31)14-38-39(34,35)36)13-37-24(33)29-21-9-15-5-2-3-6-16(15)11-27-21;;/h2-9,11,18-19,31H,10,12-14H2,1H3,(H,28,32)(H,27,29,33)(H2,34,35,36);;/t18-,19+;;/m0../s1. The number of benzene rings is 2. The fraction of sp³-hybridized carbons (Fsp3) is 0.292. The Hall–Kier alpha value is -2.68. The number of phosphoric acid groups is 1. The molecule has 0 bridgehead atoms. The van der Waals surface area contributed by atoms with Gasteiger partial charge in [-0.25, -0.2) is 27.9 Å². The van der Waals surface area contributed by atoms with Gasteiger partial charge in [-0.05, 0) is 23.9 Å². The molecule has 3 aromatic rings. The second-order valence-corrected chi connectivity index (χ2v) is 9.69. The second kappa shape index (κ2) is 15.4. The molecule has 0 aliphatic carbocycles. The van der Waals surface area contributed by atoms with E-state index in [1.807, 2.05) is 24.3 Å². The summed E-state index contributed by atoms with van der Waals surface area (Å²) in [5.41, 5.74) is -0.109. The quantitative estimate of drug-likeness (QED) is 0.166. The number of carbonyl (C=O) groups is 2. The van der Waals surface area contributed by atoms with Crippen molar-refractivity contribution in [3.05, 3.63) is 71.9 Å². The fourth-order valence-electron chi connectivity index (χ4n) is 3.51. The van der Waals surface area contributed by atoms with Crippen LogP contribution in [-0.4, -0.2) is 98.9 Å². The number of aliphatic hydroxyl groups excluding tert-OH is 1. The average Bonchev–Trinajstić information content (AvgIpc) is 2.89. The molecule has 212 valence electrons. The van der Waals surface area contributed by atoms with Gasteiger partial charge in [0.25, 0.3) is 0 Å². The van der Waals surface area contributed by atoms with Crippen LogP contribution in [0.1, 0.15) is 12.0 Å². The molecule has 3 rings (SSSR count). The van der Waals surface area contributed by atoms with Gasteiger partial charge in [0.05, 0.1) is 18.8 Å². The van der Waals surface area contributed by atoms with Gasteiger partial charge < -0.3 is 29.8 Å². The zero-order valence-electron chi connectivity index (χ0n) is 20.7. The number of phosphoric ester groups is 1. The molecule has 40 heavy (non-hydrogen) atoms. The van der Waals surface area contributed by atoms with Gasteiger partial charge in [0.15, 0.2) is 11.6 Å². The van der Waals surface area contributed by atoms with E-state index in [2.05, 4.69) is 20.1 Å². The fourth-order valence-corrected chi connectivity index (χ4v) is 3.88. The number of pyridine rings is 1. The Labute approximate surface area is 250 Å². The first-order valence-corrected chi connectivity index (χ1v) is 13.1. The third kappa shape index (κ3) is 10.4. The molecule has 16 heteroatoms. The molecule has 0 aliphatic rings. The molecule has 3 amide bonds. The van der Waals surface area contributed by atoms with Gasteiger partial charge in [0, 0.05) is 30.7 Å². The molecule has 0 fully saturated rings. The van der Waals surface area contributed by atoms with Gasteiger partial charge in [-0.3, -0.25) is 9.84 Å². The molecular weight excluding hydrogens is 564 g/mol. The van der Waals surface area contributed by atoms with E-state index in [0.717, 1.165) is 21.7 Å². The molecule has 5 N–H and O–H groups in total. The van der Waals surface area contributed by atoms with E-state index in [1.165, 1.54) is 19.2 Å². The second-order valence-electron chi connectivity index (χ2n) is 8.45. The number of nitrogens with one attached hydrogen (secondary N) is 2. The first kappa shape index (κ1) is 33.5. The molecule has 0 spiro atoms. The van der Waals surface area contributed by atoms with E-state index in [4.69, 9.17) is 14.5 Å². The molecule has 2 atom stereocenters. The first-order chi connectivity index (χ1) is 18.4. The van der Waals surface area contributed by atoms with E-state index in [9.17, 15) is 28.0 Å². The molecule has 0 aliphatic heterocycles. The molecule has 0 radical (unpaired) electrons. The van der Waals surface area contributed by atoms with Crippen LogP contribution in [0.2, 0.25) is 0 Å². The Morgan fingerprint density at radius 1 is 1.10 bits per heavy atom. The minimum atomic E-state index is -4.87. The zero-order valence-corrected chi connectivity index (χ0v) is 21.6. The number of hydrogen-bond donors (Lipinski definition) is 5. The number of anilines is 1. The number of halogens is 2. The third-order valence-electron chi connectivity index (χ3n) is 5.58. The summed E-state index contributed by atoms with van der Waals surface area (Å²) in [7, 11) is -3.57. The number of aliphatic hydroxyl groups is 1. The van der Waals surface area contributed by atoms with Crippen molar-refractivity contribution in [2.45, 2.75) is 25.1 Å². The van der Waals surface area contributed by atoms with Crippen LogP contribution < -0.4 is 10.6 Å². The first-order valence-electron chi connectivity index (χ1n) is 11.5. The summed E-state index contributed by atoms with van der Waals surface area (Å²) in [6.07, 6.45) is -1.14. The maximum absolute atomic E-state index is 13.9. The molecule has 0 saturated heterocycles. The van der Waals surface area contributed by atoms with Gasteiger partial charge in [0.2, 0.25) is 0 Å². The number of carbonyl (C=O) groups excluding carboxylic acids is 2. The number of nitrogens with zero attached hydrogens (tertiary/aromatic N) is 2. The number of hydrogen-bond acceptors (Lipinski definition) is 7. The molecule has 2 aromatic carbocycles. The number of urea groups is 1. The van der Waals surface area contributed by atoms with Gasteiger partial charge in [0.1, 0.15) is 12.4 Å². The molecule has 0 unspecified atom stereocenters. The predicted molar refractivity (Wildman–Crippen MR) is 143 cm³/mol. The van der Waals surface area contributed by atoms with Crippen molar-refractivity contribution >= 4 is 66.1 Å². The monoisotopic (exact) mass is 592 g/mol. The zero-order chi connectivity index (χ0) is 28.6. The van der Waals surface area contributed by atoms with Crippen LogP contribution in [0.25, 0.3) is 10.8 Å². The summed E-state index contributed by atoms with van der Waals surface area (Å²) in [5, 5.41) is 16.7. The number of aromatic nitrogens is 1. The van der Waals surface area contributed by atoms with Gasteiger partial charge >= 0.3 is 49.5 Å². The van der Waals surface area contributed by atoms with E-state index in [0.29, 0.717) is 0 Å². The number of rotatable bonds is 11. The van der Waals surface area contributed by atoms with Crippen molar-refractivity contribution in [2.24, 2.45) is 0 Å². The summed E-state index contributed by atoms with van der Waals surface area (Å²) in [6.45, 7) is -1.58. The SMILES string of the molecule is CN(C(=O)NCc1cccc(F)c1F)[C@H](COC(=O)Nc1cc2ccccc2cn1)C[C@@H](O)COP(=O)(O)O.[NaH]. The van der Waals surface area contributed by atoms with Crippen LogP contribution in [0.15, 0.2) is 54.7 Å². The molecule has 0 saturated carbocycles. The van der Waals surface area contributed by atoms with Crippen molar-refractivity contribution in [3.63, 3.8) is 0 Å². The van der Waals surface area contributed by atoms with Crippen LogP contribution in [0.5, 0.6) is 0 Å². The summed E-state index contributed by atoms with van der Waals surface area (Å²) in [5.74, 6) is -2.00. The van der Waals surface area contributed by atoms with Crippen molar-refractivity contribution in [1.29, 1.82) is 0 Å². The Balaban J connectivity index is 0.00000560. The molecular formula is C24H28F2N4NaO8P. The van der Waals surface area contributed by atoms with Crippen molar-refractivity contribution in [1.82, 2.24) is 15.2 Å². The van der Waals surface area contributed by atoms with Crippen molar-refractivity contribution in [2.75, 3.05) is 25.6 Å². The van der Waals surface area contributed by atoms with E-state index < -0.39 is 56.9 Å². The van der Waals surface area contributed by atoms with Crippen LogP contribution in [0.3, 0.4) is 0 Å². The van der Waals surface area contributed by atoms with Crippen LogP contribution in [0.4, 0.5) is 24.2 Å². The van der Waals surface area contributed by atoms with Crippen LogP contribution in [-0.2, 0) is 20.4 Å². The maximum atomic E-state index is 13.9. The average molecular weight is 592 g/mol. The van der Waals surface area contributed by atoms with Crippen molar-refractivity contribution in [3.8, 4) is 0 Å². The van der Waals surface area contributed by atoms with Gasteiger partial charge in [-0.2, -0.15) is 0 Å². The third-order valence-corrected chi connectivity index (χ3v) is 6.06. The normalized spacial score (nSPS) is 12.7. The molecule has 12 nitrogen and oxygen atoms in total. The molecule has 1 aromatic heterocycles. The summed E-state index contributed by atoms with van der Waals surface area (Å²) in [6, 6.07) is 10.6. The summed E-state index contributed by atoms with van der Waals surface area (Å²) >= 11 is 0. The Morgan fingerprint density at radius 3 is 2.50 bits per heavy atom. The summed E-state index contributed by atoms with van der Waals surface area (Å²) < 4.78 is 47.8. The summed E-state index contributed by atoms with van der Waals surface area (Å²) in [4.78, 5) is 48.0. The number of fused-ring (bicyclic) bond motifs is 1. The minimum absolute atomic E-state index is 0. The number of ether oxygens (including phenoxy) is 1. The predicted octanol–water partition coefficient (Wildman–Crippen LogP) is 2.48. The van der Waals surface area contributed by atoms with Gasteiger partial charge in [-0.1, -0.05) is 36.4 Å². The topological polar surface area (TPSA) is 171 Å². The van der Waals surface area contributed by atoms with E-state index >= 15 is 0 Å². The number of amides is 3. The Bertz CT molecular complexity index is 1370. The van der Waals surface area contributed by atoms with Crippen LogP contribution in [0, 0.1) is 11.6 Å². The Morgan fingerprint density at radius 2 is 1.80 bits per heavy atom. The van der Waals surface area contributed by atoms with Gasteiger partial charge in [-0.15, -0.1) is 0 Å². The number of likely N-dealkylation sites (N-methyl/N-ethyl adjacent to an activating group) is 1. The van der Waals surface area contributed by atoms with Crippen molar-refractivity contribution < 1.29 is 47.1 Å². The van der Waals surface area contributed by atoms with E-state index in [1.54, 1.807) is 12.3 Å². The van der Waals surface area contributed by atoms with E-state index in [-0.39, 0.29) is 53.9 Å². The van der Waals surface area contributed by atoms with Crippen LogP contribution >= 0.6 is 7.82 Å². The Kier molecular flexibility index (Phi) is 12.9.